The molecule has 0 saturated carbocycles. The van der Waals surface area contributed by atoms with Crippen LogP contribution < -0.4 is 10.1 Å². The molecule has 1 saturated heterocycles. The molecule has 3 rings (SSSR count). The molecule has 2 aromatic rings. The number of carbonyl (C=O) groups is 3. The third-order valence-corrected chi connectivity index (χ3v) is 5.27. The van der Waals surface area contributed by atoms with Crippen LogP contribution in [0.15, 0.2) is 54.7 Å². The van der Waals surface area contributed by atoms with Crippen molar-refractivity contribution >= 4 is 23.8 Å². The molecule has 32 heavy (non-hydrogen) atoms. The van der Waals surface area contributed by atoms with Crippen LogP contribution in [-0.4, -0.2) is 71.8 Å². The van der Waals surface area contributed by atoms with Gasteiger partial charge in [-0.25, -0.2) is 0 Å². The number of piperazine rings is 1. The highest BCUT2D eigenvalue weighted by Crippen LogP contribution is 2.12. The molecular formula is C24H28N4O4. The maximum absolute atomic E-state index is 12.7. The van der Waals surface area contributed by atoms with E-state index >= 15 is 0 Å². The summed E-state index contributed by atoms with van der Waals surface area (Å²) in [4.78, 5) is 45.0. The van der Waals surface area contributed by atoms with E-state index in [4.69, 9.17) is 4.74 Å². The van der Waals surface area contributed by atoms with Crippen LogP contribution in [0.25, 0.3) is 6.08 Å². The van der Waals surface area contributed by atoms with E-state index in [1.807, 2.05) is 42.5 Å². The molecule has 8 heteroatoms. The molecule has 0 spiro atoms. The first-order valence-electron chi connectivity index (χ1n) is 10.6. The van der Waals surface area contributed by atoms with Crippen LogP contribution >= 0.6 is 0 Å². The summed E-state index contributed by atoms with van der Waals surface area (Å²) < 4.78 is 5.11. The van der Waals surface area contributed by atoms with Gasteiger partial charge in [-0.05, 0) is 42.8 Å². The lowest BCUT2D eigenvalue weighted by molar-refractivity contribution is -0.141. The van der Waals surface area contributed by atoms with Crippen LogP contribution in [0.2, 0.25) is 0 Å². The molecule has 8 nitrogen and oxygen atoms in total. The first-order valence-corrected chi connectivity index (χ1v) is 10.6. The Hall–Kier alpha value is -3.68. The molecule has 1 atom stereocenters. The van der Waals surface area contributed by atoms with E-state index in [9.17, 15) is 14.4 Å². The van der Waals surface area contributed by atoms with Crippen LogP contribution in [0.1, 0.15) is 18.2 Å². The molecule has 1 fully saturated rings. The standard InChI is InChI=1S/C24H28N4O4/c1-18(26-22(29)11-8-19-6-9-21(32-2)10-7-19)24(31)28-15-13-27(14-16-28)23(30)17-20-5-3-4-12-25-20/h3-12,18H,13-17H2,1-2H3,(H,26,29)/b11-8+. The number of carbonyl (C=O) groups excluding carboxylic acids is 3. The Balaban J connectivity index is 1.44. The van der Waals surface area contributed by atoms with E-state index in [0.717, 1.165) is 17.0 Å². The zero-order chi connectivity index (χ0) is 22.9. The van der Waals surface area contributed by atoms with Gasteiger partial charge >= 0.3 is 0 Å². The van der Waals surface area contributed by atoms with Gasteiger partial charge in [-0.15, -0.1) is 0 Å². The zero-order valence-corrected chi connectivity index (χ0v) is 18.4. The average molecular weight is 437 g/mol. The summed E-state index contributed by atoms with van der Waals surface area (Å²) in [6.07, 6.45) is 5.00. The van der Waals surface area contributed by atoms with Crippen molar-refractivity contribution in [1.82, 2.24) is 20.1 Å². The minimum absolute atomic E-state index is 0.000759. The van der Waals surface area contributed by atoms with Crippen molar-refractivity contribution in [3.63, 3.8) is 0 Å². The Morgan fingerprint density at radius 2 is 1.75 bits per heavy atom. The molecule has 1 N–H and O–H groups in total. The van der Waals surface area contributed by atoms with Crippen molar-refractivity contribution in [3.05, 3.63) is 66.0 Å². The van der Waals surface area contributed by atoms with Crippen molar-refractivity contribution in [2.75, 3.05) is 33.3 Å². The van der Waals surface area contributed by atoms with Gasteiger partial charge in [-0.2, -0.15) is 0 Å². The van der Waals surface area contributed by atoms with E-state index in [2.05, 4.69) is 10.3 Å². The van der Waals surface area contributed by atoms with Crippen LogP contribution in [0.5, 0.6) is 5.75 Å². The zero-order valence-electron chi connectivity index (χ0n) is 18.4. The Kier molecular flexibility index (Phi) is 7.96. The van der Waals surface area contributed by atoms with Gasteiger partial charge in [-0.1, -0.05) is 18.2 Å². The summed E-state index contributed by atoms with van der Waals surface area (Å²) in [5.41, 5.74) is 1.58. The van der Waals surface area contributed by atoms with Crippen molar-refractivity contribution in [3.8, 4) is 5.75 Å². The summed E-state index contributed by atoms with van der Waals surface area (Å²) in [7, 11) is 1.59. The molecule has 0 aliphatic carbocycles. The van der Waals surface area contributed by atoms with Crippen LogP contribution in [-0.2, 0) is 20.8 Å². The Morgan fingerprint density at radius 3 is 2.38 bits per heavy atom. The molecule has 168 valence electrons. The molecule has 0 radical (unpaired) electrons. The highest BCUT2D eigenvalue weighted by Gasteiger charge is 2.27. The van der Waals surface area contributed by atoms with Gasteiger partial charge in [0.15, 0.2) is 0 Å². The molecule has 2 heterocycles. The summed E-state index contributed by atoms with van der Waals surface area (Å²) in [5, 5.41) is 2.71. The fourth-order valence-electron chi connectivity index (χ4n) is 3.43. The third-order valence-electron chi connectivity index (χ3n) is 5.27. The maximum Gasteiger partial charge on any atom is 0.244 e. The van der Waals surface area contributed by atoms with Gasteiger partial charge in [0.1, 0.15) is 11.8 Å². The second-order valence-corrected chi connectivity index (χ2v) is 7.54. The third kappa shape index (κ3) is 6.41. The predicted octanol–water partition coefficient (Wildman–Crippen LogP) is 1.52. The molecule has 1 aromatic carbocycles. The van der Waals surface area contributed by atoms with E-state index in [1.165, 1.54) is 6.08 Å². The van der Waals surface area contributed by atoms with Gasteiger partial charge in [0.05, 0.1) is 13.5 Å². The number of hydrogen-bond acceptors (Lipinski definition) is 5. The first kappa shape index (κ1) is 23.0. The lowest BCUT2D eigenvalue weighted by atomic mass is 10.2. The number of amides is 3. The van der Waals surface area contributed by atoms with Gasteiger partial charge in [0, 0.05) is 44.1 Å². The summed E-state index contributed by atoms with van der Waals surface area (Å²) >= 11 is 0. The lowest BCUT2D eigenvalue weighted by Crippen LogP contribution is -2.55. The number of pyridine rings is 1. The number of methoxy groups -OCH3 is 1. The quantitative estimate of drug-likeness (QED) is 0.665. The van der Waals surface area contributed by atoms with E-state index in [-0.39, 0.29) is 24.1 Å². The van der Waals surface area contributed by atoms with E-state index < -0.39 is 6.04 Å². The van der Waals surface area contributed by atoms with Crippen molar-refractivity contribution in [2.45, 2.75) is 19.4 Å². The predicted molar refractivity (Wildman–Crippen MR) is 121 cm³/mol. The fourth-order valence-corrected chi connectivity index (χ4v) is 3.43. The van der Waals surface area contributed by atoms with Crippen LogP contribution in [0, 0.1) is 0 Å². The van der Waals surface area contributed by atoms with Gasteiger partial charge in [0.2, 0.25) is 17.7 Å². The highest BCUT2D eigenvalue weighted by molar-refractivity contribution is 5.95. The van der Waals surface area contributed by atoms with Crippen molar-refractivity contribution in [2.24, 2.45) is 0 Å². The number of nitrogens with zero attached hydrogens (tertiary/aromatic N) is 3. The summed E-state index contributed by atoms with van der Waals surface area (Å²) in [6.45, 7) is 3.48. The normalized spacial score (nSPS) is 14.8. The highest BCUT2D eigenvalue weighted by atomic mass is 16.5. The Bertz CT molecular complexity index is 952. The topological polar surface area (TPSA) is 91.8 Å². The molecule has 1 unspecified atom stereocenters. The monoisotopic (exact) mass is 436 g/mol. The number of rotatable bonds is 7. The Labute approximate surface area is 187 Å². The number of aromatic nitrogens is 1. The number of ether oxygens (including phenoxy) is 1. The second kappa shape index (κ2) is 11.1. The minimum atomic E-state index is -0.654. The maximum atomic E-state index is 12.7. The molecule has 1 aliphatic heterocycles. The second-order valence-electron chi connectivity index (χ2n) is 7.54. The smallest absolute Gasteiger partial charge is 0.244 e. The molecule has 1 aromatic heterocycles. The SMILES string of the molecule is COc1ccc(/C=C/C(=O)NC(C)C(=O)N2CCN(C(=O)Cc3ccccn3)CC2)cc1. The molecule has 3 amide bonds. The van der Waals surface area contributed by atoms with E-state index in [1.54, 1.807) is 36.1 Å². The molecule has 0 bridgehead atoms. The van der Waals surface area contributed by atoms with Crippen LogP contribution in [0.4, 0.5) is 0 Å². The fraction of sp³-hybridized carbons (Fsp3) is 0.333. The average Bonchev–Trinajstić information content (AvgIpc) is 2.83. The van der Waals surface area contributed by atoms with Gasteiger partial charge in [0.25, 0.3) is 0 Å². The van der Waals surface area contributed by atoms with Gasteiger partial charge in [-0.3, -0.25) is 19.4 Å². The number of hydrogen-bond donors (Lipinski definition) is 1. The number of benzene rings is 1. The minimum Gasteiger partial charge on any atom is -0.497 e. The summed E-state index contributed by atoms with van der Waals surface area (Å²) in [5.74, 6) is 0.240. The lowest BCUT2D eigenvalue weighted by Gasteiger charge is -2.36. The molecule has 1 aliphatic rings. The van der Waals surface area contributed by atoms with Gasteiger partial charge < -0.3 is 19.9 Å². The molecular weight excluding hydrogens is 408 g/mol. The van der Waals surface area contributed by atoms with Crippen molar-refractivity contribution < 1.29 is 19.1 Å². The summed E-state index contributed by atoms with van der Waals surface area (Å²) in [6, 6.07) is 12.1. The van der Waals surface area contributed by atoms with Crippen molar-refractivity contribution in [1.29, 1.82) is 0 Å². The van der Waals surface area contributed by atoms with Crippen LogP contribution in [0.3, 0.4) is 0 Å². The first-order chi connectivity index (χ1) is 15.5. The largest absolute Gasteiger partial charge is 0.497 e. The van der Waals surface area contributed by atoms with E-state index in [0.29, 0.717) is 26.2 Å². The Morgan fingerprint density at radius 1 is 1.06 bits per heavy atom. The number of nitrogens with one attached hydrogen (secondary N) is 1.